The highest BCUT2D eigenvalue weighted by Crippen LogP contribution is 2.52. The van der Waals surface area contributed by atoms with Gasteiger partial charge in [-0.15, -0.1) is 22.7 Å². The minimum absolute atomic E-state index is 1.24. The van der Waals surface area contributed by atoms with Gasteiger partial charge in [0, 0.05) is 45.9 Å². The van der Waals surface area contributed by atoms with Crippen LogP contribution in [0.3, 0.4) is 0 Å². The summed E-state index contributed by atoms with van der Waals surface area (Å²) < 4.78 is 5.28. The summed E-state index contributed by atoms with van der Waals surface area (Å²) in [5.74, 6) is 0. The van der Waals surface area contributed by atoms with Gasteiger partial charge in [-0.1, -0.05) is 188 Å². The van der Waals surface area contributed by atoms with Gasteiger partial charge in [0.15, 0.2) is 0 Å². The lowest BCUT2D eigenvalue weighted by Crippen LogP contribution is -1.92. The van der Waals surface area contributed by atoms with Crippen LogP contribution in [-0.4, -0.2) is 0 Å². The average Bonchev–Trinajstić information content (AvgIpc) is 3.90. The zero-order valence-corrected chi connectivity index (χ0v) is 34.1. The lowest BCUT2D eigenvalue weighted by atomic mass is 9.83. The molecule has 278 valence electrons. The van der Waals surface area contributed by atoms with Gasteiger partial charge in [0.05, 0.1) is 0 Å². The molecule has 0 aliphatic heterocycles. The molecule has 0 aliphatic carbocycles. The first-order valence-corrected chi connectivity index (χ1v) is 22.2. The van der Waals surface area contributed by atoms with Gasteiger partial charge in [-0.05, 0) is 100 Å². The number of hydrogen-bond donors (Lipinski definition) is 0. The van der Waals surface area contributed by atoms with Crippen molar-refractivity contribution in [3.8, 4) is 44.5 Å². The van der Waals surface area contributed by atoms with Gasteiger partial charge in [0.2, 0.25) is 0 Å². The van der Waals surface area contributed by atoms with E-state index in [1.165, 1.54) is 128 Å². The number of rotatable bonds is 4. The van der Waals surface area contributed by atoms with E-state index in [9.17, 15) is 0 Å². The molecular formula is C58H34S2. The van der Waals surface area contributed by atoms with Crippen molar-refractivity contribution in [3.05, 3.63) is 206 Å². The standard InChI is InChI=1S/C58H34S2/c1-2-17-35(18-3-1)52-36-19-4-6-21-38(36)55(39-22-7-5-20-37(39)52)47-30-14-31-48-57-46(29-16-34-51(57)60-58(47)48)54-42-25-10-8-23-40(42)53(41-24-9-11-26-43(41)54)45-28-15-33-50-56(45)44-27-12-13-32-49(44)59-50/h1-34H. The highest BCUT2D eigenvalue weighted by molar-refractivity contribution is 7.26. The summed E-state index contributed by atoms with van der Waals surface area (Å²) in [5, 5.41) is 15.5. The van der Waals surface area contributed by atoms with Crippen molar-refractivity contribution in [2.75, 3.05) is 0 Å². The van der Waals surface area contributed by atoms with Crippen molar-refractivity contribution in [1.82, 2.24) is 0 Å². The average molecular weight is 795 g/mol. The van der Waals surface area contributed by atoms with Crippen LogP contribution in [0.2, 0.25) is 0 Å². The lowest BCUT2D eigenvalue weighted by Gasteiger charge is -2.19. The Kier molecular flexibility index (Phi) is 7.45. The van der Waals surface area contributed by atoms with E-state index in [0.717, 1.165) is 0 Å². The predicted molar refractivity (Wildman–Crippen MR) is 264 cm³/mol. The van der Waals surface area contributed by atoms with E-state index in [1.807, 2.05) is 22.7 Å². The maximum absolute atomic E-state index is 2.36. The molecule has 2 heteroatoms. The number of thiophene rings is 2. The molecule has 0 atom stereocenters. The Morgan fingerprint density at radius 2 is 0.567 bits per heavy atom. The maximum atomic E-state index is 2.36. The molecule has 0 spiro atoms. The van der Waals surface area contributed by atoms with Crippen LogP contribution in [0.15, 0.2) is 206 Å². The molecule has 0 amide bonds. The first kappa shape index (κ1) is 33.8. The Labute approximate surface area is 354 Å². The highest BCUT2D eigenvalue weighted by Gasteiger charge is 2.24. The van der Waals surface area contributed by atoms with Crippen LogP contribution >= 0.6 is 22.7 Å². The lowest BCUT2D eigenvalue weighted by molar-refractivity contribution is 1.67. The van der Waals surface area contributed by atoms with Gasteiger partial charge in [-0.25, -0.2) is 0 Å². The van der Waals surface area contributed by atoms with E-state index < -0.39 is 0 Å². The summed E-state index contributed by atoms with van der Waals surface area (Å²) in [6.07, 6.45) is 0. The Balaban J connectivity index is 1.11. The minimum atomic E-state index is 1.24. The molecule has 60 heavy (non-hydrogen) atoms. The molecule has 0 N–H and O–H groups in total. The Morgan fingerprint density at radius 1 is 0.217 bits per heavy atom. The van der Waals surface area contributed by atoms with E-state index in [2.05, 4.69) is 206 Å². The predicted octanol–water partition coefficient (Wildman–Crippen LogP) is 17.7. The zero-order chi connectivity index (χ0) is 39.3. The van der Waals surface area contributed by atoms with Crippen LogP contribution in [0.25, 0.3) is 128 Å². The molecule has 2 heterocycles. The molecule has 0 bridgehead atoms. The third-order valence-electron chi connectivity index (χ3n) is 12.7. The maximum Gasteiger partial charge on any atom is 0.0434 e. The van der Waals surface area contributed by atoms with Crippen molar-refractivity contribution < 1.29 is 0 Å². The van der Waals surface area contributed by atoms with E-state index >= 15 is 0 Å². The van der Waals surface area contributed by atoms with Crippen molar-refractivity contribution in [1.29, 1.82) is 0 Å². The van der Waals surface area contributed by atoms with Crippen LogP contribution in [0.5, 0.6) is 0 Å². The fourth-order valence-corrected chi connectivity index (χ4v) is 12.7. The first-order chi connectivity index (χ1) is 29.8. The molecule has 0 aliphatic rings. The Morgan fingerprint density at radius 3 is 1.10 bits per heavy atom. The molecule has 0 saturated heterocycles. The normalized spacial score (nSPS) is 12.0. The van der Waals surface area contributed by atoms with Gasteiger partial charge in [0.25, 0.3) is 0 Å². The van der Waals surface area contributed by atoms with E-state index in [4.69, 9.17) is 0 Å². The van der Waals surface area contributed by atoms with Crippen molar-refractivity contribution in [2.45, 2.75) is 0 Å². The third-order valence-corrected chi connectivity index (χ3v) is 15.0. The molecule has 0 radical (unpaired) electrons. The Bertz CT molecular complexity index is 3770. The molecule has 0 fully saturated rings. The molecule has 0 saturated carbocycles. The SMILES string of the molecule is c1ccc(-c2c3ccccc3c(-c3cccc4c3sc3cccc(-c5c6ccccc6c(-c6cccc7sc8ccccc8c67)c6ccccc56)c34)c3ccccc23)cc1. The van der Waals surface area contributed by atoms with Crippen LogP contribution in [0, 0.1) is 0 Å². The Hall–Kier alpha value is -7.10. The number of benzene rings is 11. The summed E-state index contributed by atoms with van der Waals surface area (Å²) in [7, 11) is 0. The first-order valence-electron chi connectivity index (χ1n) is 20.6. The second-order valence-corrected chi connectivity index (χ2v) is 17.9. The second kappa shape index (κ2) is 13.2. The molecule has 13 aromatic rings. The second-order valence-electron chi connectivity index (χ2n) is 15.8. The van der Waals surface area contributed by atoms with Crippen molar-refractivity contribution in [2.24, 2.45) is 0 Å². The van der Waals surface area contributed by atoms with Crippen molar-refractivity contribution >= 4 is 106 Å². The smallest absolute Gasteiger partial charge is 0.0434 e. The van der Waals surface area contributed by atoms with Gasteiger partial charge >= 0.3 is 0 Å². The molecular weight excluding hydrogens is 761 g/mol. The van der Waals surface area contributed by atoms with E-state index in [-0.39, 0.29) is 0 Å². The largest absolute Gasteiger partial charge is 0.135 e. The summed E-state index contributed by atoms with van der Waals surface area (Å²) in [5.41, 5.74) is 10.3. The molecule has 2 aromatic heterocycles. The van der Waals surface area contributed by atoms with Gasteiger partial charge in [-0.2, -0.15) is 0 Å². The van der Waals surface area contributed by atoms with Gasteiger partial charge < -0.3 is 0 Å². The quantitative estimate of drug-likeness (QED) is 0.156. The molecule has 0 unspecified atom stereocenters. The van der Waals surface area contributed by atoms with E-state index in [1.54, 1.807) is 0 Å². The molecule has 11 aromatic carbocycles. The highest BCUT2D eigenvalue weighted by atomic mass is 32.1. The van der Waals surface area contributed by atoms with Gasteiger partial charge in [0.1, 0.15) is 0 Å². The molecule has 13 rings (SSSR count). The van der Waals surface area contributed by atoms with Crippen molar-refractivity contribution in [3.63, 3.8) is 0 Å². The third kappa shape index (κ3) is 4.84. The van der Waals surface area contributed by atoms with Crippen LogP contribution in [0.4, 0.5) is 0 Å². The number of hydrogen-bond acceptors (Lipinski definition) is 2. The fraction of sp³-hybridized carbons (Fsp3) is 0. The minimum Gasteiger partial charge on any atom is -0.135 e. The van der Waals surface area contributed by atoms with E-state index in [0.29, 0.717) is 0 Å². The monoisotopic (exact) mass is 794 g/mol. The van der Waals surface area contributed by atoms with Crippen LogP contribution in [-0.2, 0) is 0 Å². The van der Waals surface area contributed by atoms with Crippen LogP contribution < -0.4 is 0 Å². The summed E-state index contributed by atoms with van der Waals surface area (Å²) in [6.45, 7) is 0. The zero-order valence-electron chi connectivity index (χ0n) is 32.4. The topological polar surface area (TPSA) is 0 Å². The summed E-state index contributed by atoms with van der Waals surface area (Å²) in [4.78, 5) is 0. The van der Waals surface area contributed by atoms with Crippen LogP contribution in [0.1, 0.15) is 0 Å². The molecule has 0 nitrogen and oxygen atoms in total. The number of fused-ring (bicyclic) bond motifs is 10. The van der Waals surface area contributed by atoms with Gasteiger partial charge in [-0.3, -0.25) is 0 Å². The summed E-state index contributed by atoms with van der Waals surface area (Å²) >= 11 is 3.81. The fourth-order valence-electron chi connectivity index (χ4n) is 10.3. The summed E-state index contributed by atoms with van der Waals surface area (Å²) in [6, 6.07) is 76.8.